The molecule has 1 aromatic heterocycles. The van der Waals surface area contributed by atoms with E-state index in [-0.39, 0.29) is 5.92 Å². The van der Waals surface area contributed by atoms with Gasteiger partial charge in [0.2, 0.25) is 0 Å². The summed E-state index contributed by atoms with van der Waals surface area (Å²) in [5.74, 6) is 2.31. The predicted octanol–water partition coefficient (Wildman–Crippen LogP) is 2.74. The van der Waals surface area contributed by atoms with Crippen molar-refractivity contribution in [3.05, 3.63) is 53.6 Å². The van der Waals surface area contributed by atoms with E-state index in [1.807, 2.05) is 18.2 Å². The fraction of sp³-hybridized carbons (Fsp3) is 0.231. The van der Waals surface area contributed by atoms with Gasteiger partial charge in [0.1, 0.15) is 18.2 Å². The Labute approximate surface area is 104 Å². The van der Waals surface area contributed by atoms with Crippen LogP contribution in [0.3, 0.4) is 0 Å². The molecule has 0 bridgehead atoms. The highest BCUT2D eigenvalue weighted by molar-refractivity contribution is 6.17. The molecule has 86 valence electrons. The topological polar surface area (TPSA) is 35.0 Å². The highest BCUT2D eigenvalue weighted by Gasteiger charge is 2.27. The van der Waals surface area contributed by atoms with Crippen LogP contribution in [0.2, 0.25) is 0 Å². The molecule has 0 saturated carbocycles. The SMILES string of the molecule is ClCc1cnc(C2COc3ccccc32)nc1. The molecule has 0 saturated heterocycles. The number of para-hydroxylation sites is 1. The third-order valence-electron chi connectivity index (χ3n) is 2.89. The van der Waals surface area contributed by atoms with Crippen LogP contribution < -0.4 is 4.74 Å². The van der Waals surface area contributed by atoms with Crippen LogP contribution in [0.4, 0.5) is 0 Å². The van der Waals surface area contributed by atoms with E-state index in [2.05, 4.69) is 16.0 Å². The number of nitrogens with zero attached hydrogens (tertiary/aromatic N) is 2. The number of alkyl halides is 1. The third kappa shape index (κ3) is 1.87. The van der Waals surface area contributed by atoms with Gasteiger partial charge in [0.25, 0.3) is 0 Å². The van der Waals surface area contributed by atoms with Gasteiger partial charge in [-0.25, -0.2) is 9.97 Å². The van der Waals surface area contributed by atoms with Crippen molar-refractivity contribution in [1.29, 1.82) is 0 Å². The molecule has 1 unspecified atom stereocenters. The van der Waals surface area contributed by atoms with Gasteiger partial charge in [-0.3, -0.25) is 0 Å². The van der Waals surface area contributed by atoms with Gasteiger partial charge in [-0.05, 0) is 6.07 Å². The number of hydrogen-bond donors (Lipinski definition) is 0. The van der Waals surface area contributed by atoms with Crippen molar-refractivity contribution in [2.45, 2.75) is 11.8 Å². The molecule has 0 radical (unpaired) electrons. The zero-order valence-electron chi connectivity index (χ0n) is 9.14. The lowest BCUT2D eigenvalue weighted by molar-refractivity contribution is 0.339. The van der Waals surface area contributed by atoms with Crippen molar-refractivity contribution >= 4 is 11.6 Å². The number of fused-ring (bicyclic) bond motifs is 1. The van der Waals surface area contributed by atoms with Crippen molar-refractivity contribution in [2.24, 2.45) is 0 Å². The molecule has 0 fully saturated rings. The predicted molar refractivity (Wildman–Crippen MR) is 65.4 cm³/mol. The molecule has 0 aliphatic carbocycles. The molecular formula is C13H11ClN2O. The van der Waals surface area contributed by atoms with Crippen LogP contribution in [0, 0.1) is 0 Å². The monoisotopic (exact) mass is 246 g/mol. The van der Waals surface area contributed by atoms with Crippen LogP contribution in [0.1, 0.15) is 22.9 Å². The molecule has 0 N–H and O–H groups in total. The molecule has 1 atom stereocenters. The number of hydrogen-bond acceptors (Lipinski definition) is 3. The average molecular weight is 247 g/mol. The van der Waals surface area contributed by atoms with Crippen molar-refractivity contribution < 1.29 is 4.74 Å². The van der Waals surface area contributed by atoms with Crippen LogP contribution in [0.25, 0.3) is 0 Å². The fourth-order valence-corrected chi connectivity index (χ4v) is 2.13. The average Bonchev–Trinajstić information content (AvgIpc) is 2.83. The number of rotatable bonds is 2. The first-order chi connectivity index (χ1) is 8.38. The van der Waals surface area contributed by atoms with E-state index in [9.17, 15) is 0 Å². The maximum Gasteiger partial charge on any atom is 0.139 e. The Morgan fingerprint density at radius 2 is 2.00 bits per heavy atom. The smallest absolute Gasteiger partial charge is 0.139 e. The van der Waals surface area contributed by atoms with Crippen LogP contribution >= 0.6 is 11.6 Å². The molecule has 1 aromatic carbocycles. The van der Waals surface area contributed by atoms with Crippen molar-refractivity contribution in [2.75, 3.05) is 6.61 Å². The second-order valence-electron chi connectivity index (χ2n) is 3.98. The Hall–Kier alpha value is -1.61. The van der Waals surface area contributed by atoms with E-state index in [0.717, 1.165) is 22.7 Å². The summed E-state index contributed by atoms with van der Waals surface area (Å²) in [5, 5.41) is 0. The lowest BCUT2D eigenvalue weighted by atomic mass is 10.0. The molecule has 2 aromatic rings. The quantitative estimate of drug-likeness (QED) is 0.765. The minimum atomic E-state index is 0.135. The fourth-order valence-electron chi connectivity index (χ4n) is 1.99. The Kier molecular flexibility index (Phi) is 2.69. The number of aromatic nitrogens is 2. The van der Waals surface area contributed by atoms with Gasteiger partial charge in [-0.1, -0.05) is 18.2 Å². The summed E-state index contributed by atoms with van der Waals surface area (Å²) in [6.45, 7) is 0.611. The summed E-state index contributed by atoms with van der Waals surface area (Å²) in [7, 11) is 0. The zero-order valence-corrected chi connectivity index (χ0v) is 9.89. The first-order valence-electron chi connectivity index (χ1n) is 5.47. The summed E-state index contributed by atoms with van der Waals surface area (Å²) >= 11 is 5.72. The Balaban J connectivity index is 1.95. The minimum absolute atomic E-state index is 0.135. The molecule has 0 spiro atoms. The first-order valence-corrected chi connectivity index (χ1v) is 6.00. The van der Waals surface area contributed by atoms with Crippen LogP contribution in [-0.2, 0) is 5.88 Å². The molecular weight excluding hydrogens is 236 g/mol. The molecule has 17 heavy (non-hydrogen) atoms. The van der Waals surface area contributed by atoms with Gasteiger partial charge < -0.3 is 4.74 Å². The minimum Gasteiger partial charge on any atom is -0.492 e. The molecule has 4 heteroatoms. The lowest BCUT2D eigenvalue weighted by Gasteiger charge is -2.07. The Morgan fingerprint density at radius 3 is 2.76 bits per heavy atom. The third-order valence-corrected chi connectivity index (χ3v) is 3.20. The Morgan fingerprint density at radius 1 is 1.24 bits per heavy atom. The number of benzene rings is 1. The van der Waals surface area contributed by atoms with Gasteiger partial charge in [-0.2, -0.15) is 0 Å². The molecule has 1 aliphatic heterocycles. The van der Waals surface area contributed by atoms with Gasteiger partial charge in [-0.15, -0.1) is 11.6 Å². The van der Waals surface area contributed by atoms with Crippen molar-refractivity contribution in [1.82, 2.24) is 9.97 Å². The molecule has 3 nitrogen and oxygen atoms in total. The number of halogens is 1. The van der Waals surface area contributed by atoms with Crippen LogP contribution in [0.15, 0.2) is 36.7 Å². The molecule has 2 heterocycles. The van der Waals surface area contributed by atoms with E-state index >= 15 is 0 Å². The van der Waals surface area contributed by atoms with Gasteiger partial charge in [0.15, 0.2) is 0 Å². The maximum atomic E-state index is 5.72. The van der Waals surface area contributed by atoms with Crippen LogP contribution in [-0.4, -0.2) is 16.6 Å². The summed E-state index contributed by atoms with van der Waals surface area (Å²) in [6, 6.07) is 8.01. The van der Waals surface area contributed by atoms with E-state index in [4.69, 9.17) is 16.3 Å². The zero-order chi connectivity index (χ0) is 11.7. The van der Waals surface area contributed by atoms with E-state index < -0.39 is 0 Å². The molecule has 1 aliphatic rings. The number of ether oxygens (including phenoxy) is 1. The standard InChI is InChI=1S/C13H11ClN2O/c14-5-9-6-15-13(16-7-9)11-8-17-12-4-2-1-3-10(11)12/h1-4,6-7,11H,5,8H2. The van der Waals surface area contributed by atoms with Crippen molar-refractivity contribution in [3.8, 4) is 5.75 Å². The first kappa shape index (κ1) is 10.5. The summed E-state index contributed by atoms with van der Waals surface area (Å²) in [5.41, 5.74) is 2.09. The Bertz CT molecular complexity index is 527. The lowest BCUT2D eigenvalue weighted by Crippen LogP contribution is -2.07. The van der Waals surface area contributed by atoms with Gasteiger partial charge >= 0.3 is 0 Å². The second-order valence-corrected chi connectivity index (χ2v) is 4.25. The van der Waals surface area contributed by atoms with Crippen molar-refractivity contribution in [3.63, 3.8) is 0 Å². The molecule has 3 rings (SSSR count). The maximum absolute atomic E-state index is 5.72. The second kappa shape index (κ2) is 4.34. The van der Waals surface area contributed by atoms with E-state index in [1.54, 1.807) is 12.4 Å². The summed E-state index contributed by atoms with van der Waals surface area (Å²) in [6.07, 6.45) is 3.55. The summed E-state index contributed by atoms with van der Waals surface area (Å²) < 4.78 is 5.62. The largest absolute Gasteiger partial charge is 0.492 e. The summed E-state index contributed by atoms with van der Waals surface area (Å²) in [4.78, 5) is 8.71. The van der Waals surface area contributed by atoms with Crippen LogP contribution in [0.5, 0.6) is 5.75 Å². The highest BCUT2D eigenvalue weighted by atomic mass is 35.5. The normalized spacial score (nSPS) is 17.6. The van der Waals surface area contributed by atoms with E-state index in [0.29, 0.717) is 12.5 Å². The van der Waals surface area contributed by atoms with Gasteiger partial charge in [0.05, 0.1) is 11.8 Å². The van der Waals surface area contributed by atoms with Gasteiger partial charge in [0, 0.05) is 23.5 Å². The highest BCUT2D eigenvalue weighted by Crippen LogP contribution is 2.36. The van der Waals surface area contributed by atoms with E-state index in [1.165, 1.54) is 0 Å². The molecule has 0 amide bonds.